The second-order valence-corrected chi connectivity index (χ2v) is 10.2. The van der Waals surface area contributed by atoms with E-state index in [-0.39, 0.29) is 17.0 Å². The lowest BCUT2D eigenvalue weighted by Crippen LogP contribution is -2.22. The lowest BCUT2D eigenvalue weighted by molar-refractivity contribution is 0.262. The van der Waals surface area contributed by atoms with Gasteiger partial charge < -0.3 is 19.8 Å². The second-order valence-electron chi connectivity index (χ2n) is 10.2. The smallest absolute Gasteiger partial charge is 0.323 e. The summed E-state index contributed by atoms with van der Waals surface area (Å²) in [4.78, 5) is 21.5. The van der Waals surface area contributed by atoms with E-state index in [1.807, 2.05) is 32.9 Å². The summed E-state index contributed by atoms with van der Waals surface area (Å²) in [5, 5.41) is 16.7. The predicted octanol–water partition coefficient (Wildman–Crippen LogP) is 6.81. The van der Waals surface area contributed by atoms with Crippen LogP contribution < -0.4 is 15.4 Å². The first-order valence-corrected chi connectivity index (χ1v) is 12.7. The van der Waals surface area contributed by atoms with E-state index < -0.39 is 11.8 Å². The van der Waals surface area contributed by atoms with E-state index in [4.69, 9.17) is 14.3 Å². The molecule has 2 amide bonds. The van der Waals surface area contributed by atoms with Crippen molar-refractivity contribution >= 4 is 28.5 Å². The molecule has 0 saturated heterocycles. The topological polar surface area (TPSA) is 136 Å². The number of amides is 2. The Bertz CT molecular complexity index is 1850. The summed E-state index contributed by atoms with van der Waals surface area (Å²) in [7, 11) is 0. The van der Waals surface area contributed by atoms with E-state index in [9.17, 15) is 9.18 Å². The number of carbonyl (C=O) groups is 1. The average molecular weight is 553 g/mol. The molecule has 0 saturated carbocycles. The molecule has 12 heteroatoms. The number of urea groups is 1. The number of fused-ring (bicyclic) bond motifs is 1. The highest BCUT2D eigenvalue weighted by atomic mass is 19.1. The number of hydrogen-bond acceptors (Lipinski definition) is 7. The van der Waals surface area contributed by atoms with Crippen LogP contribution in [0.5, 0.6) is 11.5 Å². The van der Waals surface area contributed by atoms with Crippen LogP contribution in [0.2, 0.25) is 0 Å². The molecular weight excluding hydrogens is 527 g/mol. The van der Waals surface area contributed by atoms with Crippen molar-refractivity contribution in [2.75, 3.05) is 10.6 Å². The first-order valence-electron chi connectivity index (χ1n) is 12.7. The number of carbonyl (C=O) groups excluding carboxylic acids is 1. The molecule has 3 N–H and O–H groups in total. The van der Waals surface area contributed by atoms with Crippen molar-refractivity contribution in [2.45, 2.75) is 26.3 Å². The number of rotatable bonds is 6. The highest BCUT2D eigenvalue weighted by Gasteiger charge is 2.21. The number of hydrogen-bond donors (Lipinski definition) is 3. The fourth-order valence-electron chi connectivity index (χ4n) is 4.12. The zero-order valence-electron chi connectivity index (χ0n) is 22.3. The summed E-state index contributed by atoms with van der Waals surface area (Å²) in [6.07, 6.45) is 8.05. The van der Waals surface area contributed by atoms with Gasteiger partial charge in [0.05, 0.1) is 28.8 Å². The number of nitrogens with one attached hydrogen (secondary N) is 3. The molecular formula is C29H25FN8O3. The quantitative estimate of drug-likeness (QED) is 0.207. The monoisotopic (exact) mass is 552 g/mol. The number of nitrogens with zero attached hydrogens (tertiary/aromatic N) is 5. The van der Waals surface area contributed by atoms with Gasteiger partial charge in [-0.05, 0) is 57.2 Å². The van der Waals surface area contributed by atoms with Crippen LogP contribution in [0, 0.1) is 5.82 Å². The number of ether oxygens (including phenoxy) is 1. The first kappa shape index (κ1) is 25.7. The van der Waals surface area contributed by atoms with E-state index >= 15 is 0 Å². The van der Waals surface area contributed by atoms with Crippen molar-refractivity contribution in [1.29, 1.82) is 0 Å². The van der Waals surface area contributed by atoms with Gasteiger partial charge in [-0.3, -0.25) is 14.8 Å². The molecule has 0 aliphatic carbocycles. The number of aromatic amines is 1. The molecule has 0 bridgehead atoms. The van der Waals surface area contributed by atoms with E-state index in [1.165, 1.54) is 18.5 Å². The third-order valence-corrected chi connectivity index (χ3v) is 6.20. The Kier molecular flexibility index (Phi) is 6.42. The molecule has 4 heterocycles. The van der Waals surface area contributed by atoms with E-state index in [0.717, 1.165) is 11.1 Å². The Hall–Kier alpha value is -5.52. The Morgan fingerprint density at radius 3 is 2.61 bits per heavy atom. The van der Waals surface area contributed by atoms with Crippen molar-refractivity contribution in [3.63, 3.8) is 0 Å². The van der Waals surface area contributed by atoms with E-state index in [2.05, 4.69) is 30.8 Å². The highest BCUT2D eigenvalue weighted by molar-refractivity contribution is 6.02. The van der Waals surface area contributed by atoms with E-state index in [1.54, 1.807) is 53.7 Å². The number of halogens is 1. The minimum absolute atomic E-state index is 0.0163. The molecule has 11 nitrogen and oxygen atoms in total. The van der Waals surface area contributed by atoms with Gasteiger partial charge in [0.15, 0.2) is 12.0 Å². The second kappa shape index (κ2) is 10.2. The lowest BCUT2D eigenvalue weighted by Gasteiger charge is -2.18. The molecule has 206 valence electrons. The average Bonchev–Trinajstić information content (AvgIpc) is 3.71. The standard InChI is InChI=1S/C29H25FN8O3/c1-29(2,3)38-15-25(27(37-38)17-4-7-26-24(10-17)32-16-40-26)36-28(39)35-22-6-5-19(11-21(22)30)41-20-8-9-31-23(12-20)18-13-33-34-14-18/h4-16H,1-3H3,(H,33,34)(H2,35,36,39). The van der Waals surface area contributed by atoms with Crippen LogP contribution in [0.15, 0.2) is 84.1 Å². The van der Waals surface area contributed by atoms with Crippen LogP contribution in [0.4, 0.5) is 20.6 Å². The van der Waals surface area contributed by atoms with Gasteiger partial charge in [0.1, 0.15) is 28.5 Å². The number of aromatic nitrogens is 6. The third-order valence-electron chi connectivity index (χ3n) is 6.20. The molecule has 0 spiro atoms. The number of benzene rings is 2. The SMILES string of the molecule is CC(C)(C)n1cc(NC(=O)Nc2ccc(Oc3ccnc(-c4cn[nH]c4)c3)cc2F)c(-c2ccc3ocnc3c2)n1. The molecule has 41 heavy (non-hydrogen) atoms. The normalized spacial score (nSPS) is 11.5. The largest absolute Gasteiger partial charge is 0.457 e. The predicted molar refractivity (Wildman–Crippen MR) is 151 cm³/mol. The fraction of sp³-hybridized carbons (Fsp3) is 0.138. The molecule has 0 aliphatic heterocycles. The Morgan fingerprint density at radius 2 is 1.83 bits per heavy atom. The summed E-state index contributed by atoms with van der Waals surface area (Å²) in [5.41, 5.74) is 4.12. The zero-order chi connectivity index (χ0) is 28.6. The van der Waals surface area contributed by atoms with Crippen LogP contribution in [0.1, 0.15) is 20.8 Å². The van der Waals surface area contributed by atoms with Crippen molar-refractivity contribution in [1.82, 2.24) is 29.9 Å². The summed E-state index contributed by atoms with van der Waals surface area (Å²) in [5.74, 6) is 0.0694. The zero-order valence-corrected chi connectivity index (χ0v) is 22.3. The fourth-order valence-corrected chi connectivity index (χ4v) is 4.12. The molecule has 4 aromatic heterocycles. The lowest BCUT2D eigenvalue weighted by atomic mass is 10.1. The third kappa shape index (κ3) is 5.48. The number of anilines is 2. The number of H-pyrrole nitrogens is 1. The van der Waals surface area contributed by atoms with Gasteiger partial charge >= 0.3 is 6.03 Å². The van der Waals surface area contributed by atoms with Crippen molar-refractivity contribution < 1.29 is 18.3 Å². The van der Waals surface area contributed by atoms with Crippen LogP contribution in [0.3, 0.4) is 0 Å². The molecule has 6 aromatic rings. The summed E-state index contributed by atoms with van der Waals surface area (Å²) in [6, 6.07) is 12.4. The molecule has 0 atom stereocenters. The summed E-state index contributed by atoms with van der Waals surface area (Å²) < 4.78 is 27.9. The van der Waals surface area contributed by atoms with Gasteiger partial charge in [-0.1, -0.05) is 0 Å². The van der Waals surface area contributed by atoms with Gasteiger partial charge in [0.25, 0.3) is 0 Å². The van der Waals surface area contributed by atoms with Gasteiger partial charge in [0.2, 0.25) is 0 Å². The van der Waals surface area contributed by atoms with Crippen LogP contribution in [-0.4, -0.2) is 36.0 Å². The first-order chi connectivity index (χ1) is 19.7. The minimum atomic E-state index is -0.663. The Morgan fingerprint density at radius 1 is 1.00 bits per heavy atom. The van der Waals surface area contributed by atoms with Crippen molar-refractivity contribution in [3.05, 3.63) is 85.5 Å². The maximum absolute atomic E-state index is 15.0. The Balaban J connectivity index is 1.19. The summed E-state index contributed by atoms with van der Waals surface area (Å²) >= 11 is 0. The maximum atomic E-state index is 15.0. The maximum Gasteiger partial charge on any atom is 0.323 e. The molecule has 2 aromatic carbocycles. The highest BCUT2D eigenvalue weighted by Crippen LogP contribution is 2.32. The van der Waals surface area contributed by atoms with Gasteiger partial charge in [0, 0.05) is 41.9 Å². The van der Waals surface area contributed by atoms with Gasteiger partial charge in [-0.25, -0.2) is 14.2 Å². The van der Waals surface area contributed by atoms with Crippen molar-refractivity contribution in [2.24, 2.45) is 0 Å². The molecule has 6 rings (SSSR count). The molecule has 0 aliphatic rings. The van der Waals surface area contributed by atoms with E-state index in [0.29, 0.717) is 33.9 Å². The number of pyridine rings is 1. The molecule has 0 fully saturated rings. The van der Waals surface area contributed by atoms with Gasteiger partial charge in [-0.15, -0.1) is 0 Å². The Labute approximate surface area is 233 Å². The molecule has 0 radical (unpaired) electrons. The summed E-state index contributed by atoms with van der Waals surface area (Å²) in [6.45, 7) is 5.99. The van der Waals surface area contributed by atoms with Gasteiger partial charge in [-0.2, -0.15) is 10.2 Å². The molecule has 0 unspecified atom stereocenters. The van der Waals surface area contributed by atoms with Crippen LogP contribution in [0.25, 0.3) is 33.6 Å². The van der Waals surface area contributed by atoms with Crippen LogP contribution in [-0.2, 0) is 5.54 Å². The van der Waals surface area contributed by atoms with Crippen molar-refractivity contribution in [3.8, 4) is 34.0 Å². The minimum Gasteiger partial charge on any atom is -0.457 e. The number of oxazole rings is 1. The van der Waals surface area contributed by atoms with Crippen LogP contribution >= 0.6 is 0 Å².